The first-order chi connectivity index (χ1) is 22.9. The van der Waals surface area contributed by atoms with E-state index in [1.54, 1.807) is 31.2 Å². The number of benzene rings is 3. The van der Waals surface area contributed by atoms with E-state index in [1.165, 1.54) is 63.7 Å². The van der Waals surface area contributed by atoms with Crippen LogP contribution in [-0.4, -0.2) is 72.2 Å². The van der Waals surface area contributed by atoms with Gasteiger partial charge in [-0.25, -0.2) is 8.42 Å². The number of methoxy groups -OCH3 is 4. The molecule has 1 unspecified atom stereocenters. The zero-order valence-corrected chi connectivity index (χ0v) is 30.0. The fourth-order valence-electron chi connectivity index (χ4n) is 5.61. The molecule has 4 rings (SSSR count). The molecule has 14 heteroatoms. The van der Waals surface area contributed by atoms with Crippen LogP contribution >= 0.6 is 23.2 Å². The molecule has 1 fully saturated rings. The summed E-state index contributed by atoms with van der Waals surface area (Å²) in [4.78, 5) is 29.2. The first-order valence-electron chi connectivity index (χ1n) is 15.4. The number of hydrogen-bond donors (Lipinski definition) is 1. The summed E-state index contributed by atoms with van der Waals surface area (Å²) in [6.07, 6.45) is 4.80. The molecule has 1 aliphatic rings. The van der Waals surface area contributed by atoms with Gasteiger partial charge in [0.05, 0.1) is 39.0 Å². The highest BCUT2D eigenvalue weighted by Crippen LogP contribution is 2.38. The van der Waals surface area contributed by atoms with Crippen LogP contribution in [0.1, 0.15) is 44.6 Å². The highest BCUT2D eigenvalue weighted by Gasteiger charge is 2.35. The highest BCUT2D eigenvalue weighted by molar-refractivity contribution is 7.92. The second-order valence-electron chi connectivity index (χ2n) is 11.3. The van der Waals surface area contributed by atoms with Crippen LogP contribution in [-0.2, 0) is 26.2 Å². The maximum atomic E-state index is 14.5. The lowest BCUT2D eigenvalue weighted by molar-refractivity contribution is -0.139. The molecule has 0 saturated heterocycles. The molecule has 2 amide bonds. The molecule has 1 N–H and O–H groups in total. The number of amides is 2. The first-order valence-corrected chi connectivity index (χ1v) is 17.6. The molecule has 0 aliphatic heterocycles. The first kappa shape index (κ1) is 37.0. The Morgan fingerprint density at radius 1 is 0.854 bits per heavy atom. The van der Waals surface area contributed by atoms with Gasteiger partial charge in [-0.3, -0.25) is 13.9 Å². The van der Waals surface area contributed by atoms with Gasteiger partial charge in [-0.05, 0) is 56.2 Å². The summed E-state index contributed by atoms with van der Waals surface area (Å²) in [7, 11) is 1.15. The van der Waals surface area contributed by atoms with Crippen molar-refractivity contribution in [3.63, 3.8) is 0 Å². The molecule has 3 aromatic carbocycles. The Hall–Kier alpha value is -3.87. The molecule has 48 heavy (non-hydrogen) atoms. The van der Waals surface area contributed by atoms with Gasteiger partial charge in [0.1, 0.15) is 24.1 Å². The molecule has 0 bridgehead atoms. The number of nitrogens with one attached hydrogen (secondary N) is 1. The van der Waals surface area contributed by atoms with Crippen LogP contribution in [0.2, 0.25) is 10.0 Å². The lowest BCUT2D eigenvalue weighted by Gasteiger charge is -2.34. The summed E-state index contributed by atoms with van der Waals surface area (Å²) < 4.78 is 51.5. The van der Waals surface area contributed by atoms with Crippen LogP contribution < -0.4 is 28.6 Å². The van der Waals surface area contributed by atoms with E-state index in [4.69, 9.17) is 42.1 Å². The van der Waals surface area contributed by atoms with Gasteiger partial charge in [0.15, 0.2) is 11.5 Å². The summed E-state index contributed by atoms with van der Waals surface area (Å²) in [6, 6.07) is 12.6. The van der Waals surface area contributed by atoms with Crippen LogP contribution in [0.5, 0.6) is 23.0 Å². The van der Waals surface area contributed by atoms with Crippen LogP contribution in [0.15, 0.2) is 59.5 Å². The third-order valence-corrected chi connectivity index (χ3v) is 10.8. The molecule has 0 heterocycles. The van der Waals surface area contributed by atoms with Crippen LogP contribution in [0, 0.1) is 0 Å². The van der Waals surface area contributed by atoms with Gasteiger partial charge >= 0.3 is 0 Å². The Bertz CT molecular complexity index is 1700. The van der Waals surface area contributed by atoms with Crippen molar-refractivity contribution < 1.29 is 37.0 Å². The predicted octanol–water partition coefficient (Wildman–Crippen LogP) is 6.09. The summed E-state index contributed by atoms with van der Waals surface area (Å²) in [5.41, 5.74) is 0.453. The molecule has 1 aliphatic carbocycles. The Morgan fingerprint density at radius 3 is 2.08 bits per heavy atom. The van der Waals surface area contributed by atoms with Crippen molar-refractivity contribution in [1.82, 2.24) is 10.2 Å². The molecule has 3 aromatic rings. The standard InChI is InChI=1S/C34H41Cl2N3O8S/c1-22(34(41)37-23-10-7-6-8-11-23)38(20-26-27(35)12-9-13-28(26)36)33(40)21-39(29-18-24(44-2)14-16-30(29)45-3)48(42,43)25-15-17-31(46-4)32(19-25)47-5/h9,12-19,22-23H,6-8,10-11,20-21H2,1-5H3,(H,37,41). The molecule has 0 spiro atoms. The number of hydrogen-bond acceptors (Lipinski definition) is 8. The van der Waals surface area contributed by atoms with Crippen molar-refractivity contribution in [1.29, 1.82) is 0 Å². The van der Waals surface area contributed by atoms with Gasteiger partial charge in [0, 0.05) is 40.3 Å². The molecule has 0 aromatic heterocycles. The number of nitrogens with zero attached hydrogens (tertiary/aromatic N) is 2. The number of carbonyl (C=O) groups is 2. The van der Waals surface area contributed by atoms with Crippen LogP contribution in [0.3, 0.4) is 0 Å². The summed E-state index contributed by atoms with van der Waals surface area (Å²) >= 11 is 13.0. The second kappa shape index (κ2) is 16.5. The smallest absolute Gasteiger partial charge is 0.265 e. The SMILES string of the molecule is COc1ccc(OC)c(N(CC(=O)N(Cc2c(Cl)cccc2Cl)C(C)C(=O)NC2CCCCC2)S(=O)(=O)c2ccc(OC)c(OC)c2)c1. The summed E-state index contributed by atoms with van der Waals surface area (Å²) in [6.45, 7) is 0.722. The minimum Gasteiger partial charge on any atom is -0.497 e. The topological polar surface area (TPSA) is 124 Å². The largest absolute Gasteiger partial charge is 0.497 e. The van der Waals surface area contributed by atoms with Crippen molar-refractivity contribution >= 4 is 50.7 Å². The number of anilines is 1. The van der Waals surface area contributed by atoms with E-state index in [9.17, 15) is 18.0 Å². The quantitative estimate of drug-likeness (QED) is 0.212. The van der Waals surface area contributed by atoms with E-state index in [0.29, 0.717) is 27.1 Å². The van der Waals surface area contributed by atoms with E-state index in [0.717, 1.165) is 36.4 Å². The minimum absolute atomic E-state index is 0.0162. The monoisotopic (exact) mass is 721 g/mol. The van der Waals surface area contributed by atoms with E-state index >= 15 is 0 Å². The van der Waals surface area contributed by atoms with Crippen LogP contribution in [0.4, 0.5) is 5.69 Å². The fraction of sp³-hybridized carbons (Fsp3) is 0.412. The van der Waals surface area contributed by atoms with Gasteiger partial charge in [-0.2, -0.15) is 0 Å². The lowest BCUT2D eigenvalue weighted by Crippen LogP contribution is -2.53. The number of halogens is 2. The van der Waals surface area contributed by atoms with Crippen molar-refractivity contribution in [2.24, 2.45) is 0 Å². The molecule has 0 radical (unpaired) electrons. The number of carbonyl (C=O) groups excluding carboxylic acids is 2. The van der Waals surface area contributed by atoms with Crippen LogP contribution in [0.25, 0.3) is 0 Å². The Kier molecular flexibility index (Phi) is 12.7. The van der Waals surface area contributed by atoms with E-state index in [1.807, 2.05) is 0 Å². The van der Waals surface area contributed by atoms with Gasteiger partial charge in [-0.1, -0.05) is 48.5 Å². The lowest BCUT2D eigenvalue weighted by atomic mass is 9.95. The van der Waals surface area contributed by atoms with E-state index in [2.05, 4.69) is 5.32 Å². The Labute approximate surface area is 292 Å². The molecular formula is C34H41Cl2N3O8S. The molecule has 260 valence electrons. The number of sulfonamides is 1. The average molecular weight is 723 g/mol. The van der Waals surface area contributed by atoms with Crippen molar-refractivity contribution in [2.75, 3.05) is 39.3 Å². The molecular weight excluding hydrogens is 681 g/mol. The molecule has 1 atom stereocenters. The Morgan fingerprint density at radius 2 is 1.48 bits per heavy atom. The molecule has 1 saturated carbocycles. The third-order valence-electron chi connectivity index (χ3n) is 8.39. The van der Waals surface area contributed by atoms with Gasteiger partial charge < -0.3 is 29.2 Å². The number of ether oxygens (including phenoxy) is 4. The average Bonchev–Trinajstić information content (AvgIpc) is 3.09. The van der Waals surface area contributed by atoms with Crippen molar-refractivity contribution in [3.05, 3.63) is 70.2 Å². The summed E-state index contributed by atoms with van der Waals surface area (Å²) in [5.74, 6) is -0.0795. The number of rotatable bonds is 14. The zero-order valence-electron chi connectivity index (χ0n) is 27.6. The van der Waals surface area contributed by atoms with Gasteiger partial charge in [0.2, 0.25) is 11.8 Å². The Balaban J connectivity index is 1.81. The summed E-state index contributed by atoms with van der Waals surface area (Å²) in [5, 5.41) is 3.67. The maximum absolute atomic E-state index is 14.5. The maximum Gasteiger partial charge on any atom is 0.265 e. The van der Waals surface area contributed by atoms with Crippen molar-refractivity contribution in [3.8, 4) is 23.0 Å². The van der Waals surface area contributed by atoms with Gasteiger partial charge in [0.25, 0.3) is 10.0 Å². The highest BCUT2D eigenvalue weighted by atomic mass is 35.5. The van der Waals surface area contributed by atoms with Crippen molar-refractivity contribution in [2.45, 2.75) is 62.6 Å². The van der Waals surface area contributed by atoms with Gasteiger partial charge in [-0.15, -0.1) is 0 Å². The van der Waals surface area contributed by atoms with E-state index in [-0.39, 0.29) is 40.6 Å². The zero-order chi connectivity index (χ0) is 35.0. The third kappa shape index (κ3) is 8.40. The minimum atomic E-state index is -4.49. The van der Waals surface area contributed by atoms with E-state index < -0.39 is 28.5 Å². The fourth-order valence-corrected chi connectivity index (χ4v) is 7.56. The molecule has 11 nitrogen and oxygen atoms in total. The normalized spacial score (nSPS) is 14.1. The predicted molar refractivity (Wildman–Crippen MR) is 185 cm³/mol. The second-order valence-corrected chi connectivity index (χ2v) is 14.0.